The first-order valence-electron chi connectivity index (χ1n) is 12.0. The highest BCUT2D eigenvalue weighted by Gasteiger charge is 2.42. The van der Waals surface area contributed by atoms with Gasteiger partial charge in [-0.25, -0.2) is 4.98 Å². The van der Waals surface area contributed by atoms with Gasteiger partial charge in [0.2, 0.25) is 0 Å². The van der Waals surface area contributed by atoms with Gasteiger partial charge in [0.25, 0.3) is 11.8 Å². The molecule has 0 radical (unpaired) electrons. The van der Waals surface area contributed by atoms with Gasteiger partial charge in [0.15, 0.2) is 0 Å². The summed E-state index contributed by atoms with van der Waals surface area (Å²) >= 11 is 14.3. The number of amides is 2. The zero-order valence-electron chi connectivity index (χ0n) is 20.5. The van der Waals surface area contributed by atoms with Crippen molar-refractivity contribution in [3.05, 3.63) is 117 Å². The molecular weight excluding hydrogens is 555 g/mol. The maximum atomic E-state index is 13.8. The number of hydrogen-bond donors (Lipinski definition) is 1. The van der Waals surface area contributed by atoms with Crippen LogP contribution >= 0.6 is 34.7 Å². The third-order valence-electron chi connectivity index (χ3n) is 6.63. The number of nitrogens with one attached hydrogen (secondary N) is 1. The number of ether oxygens (including phenoxy) is 1. The minimum Gasteiger partial charge on any atom is -0.497 e. The zero-order chi connectivity index (χ0) is 27.1. The Morgan fingerprint density at radius 3 is 2.56 bits per heavy atom. The van der Waals surface area contributed by atoms with Crippen LogP contribution in [0.15, 0.2) is 78.9 Å². The van der Waals surface area contributed by atoms with Crippen molar-refractivity contribution in [1.82, 2.24) is 14.3 Å². The predicted octanol–water partition coefficient (Wildman–Crippen LogP) is 7.00. The van der Waals surface area contributed by atoms with Gasteiger partial charge in [0.05, 0.1) is 23.5 Å². The van der Waals surface area contributed by atoms with E-state index >= 15 is 0 Å². The Hall–Kier alpha value is -3.98. The summed E-state index contributed by atoms with van der Waals surface area (Å²) in [5, 5.41) is 4.28. The first-order valence-corrected chi connectivity index (χ1v) is 13.5. The van der Waals surface area contributed by atoms with Gasteiger partial charge in [-0.1, -0.05) is 71.7 Å². The van der Waals surface area contributed by atoms with Gasteiger partial charge in [0.1, 0.15) is 22.3 Å². The molecule has 1 atom stereocenters. The Balaban J connectivity index is 1.45. The lowest BCUT2D eigenvalue weighted by molar-refractivity contribution is 0.0732. The van der Waals surface area contributed by atoms with Crippen molar-refractivity contribution >= 4 is 62.3 Å². The Morgan fingerprint density at radius 1 is 1.05 bits per heavy atom. The molecule has 10 heteroatoms. The normalized spacial score (nSPS) is 14.5. The van der Waals surface area contributed by atoms with Gasteiger partial charge in [-0.15, -0.1) is 0 Å². The third-order valence-corrected chi connectivity index (χ3v) is 7.99. The van der Waals surface area contributed by atoms with Gasteiger partial charge in [0, 0.05) is 22.5 Å². The number of fused-ring (bicyclic) bond motifs is 2. The number of rotatable bonds is 6. The van der Waals surface area contributed by atoms with E-state index in [0.29, 0.717) is 33.3 Å². The maximum Gasteiger partial charge on any atom is 0.276 e. The molecule has 0 saturated heterocycles. The summed E-state index contributed by atoms with van der Waals surface area (Å²) in [4.78, 5) is 33.4. The summed E-state index contributed by atoms with van der Waals surface area (Å²) in [7, 11) is 1.60. The van der Waals surface area contributed by atoms with Crippen molar-refractivity contribution in [1.29, 1.82) is 0 Å². The summed E-state index contributed by atoms with van der Waals surface area (Å²) < 4.78 is 10.5. The highest BCUT2D eigenvalue weighted by Crippen LogP contribution is 2.45. The minimum absolute atomic E-state index is 0.0877. The standard InChI is InChI=1S/C29H20Cl2N4O3S/c1-38-17-12-10-16(11-13-17)15-35-27(18-6-2-4-8-20(18)30)24-21(14-23(31)33-26(24)29(35)37)32-28(36)25-19-7-3-5-9-22(19)39-34-25/h2-14,27H,15H2,1H3,(H,32,33,36). The van der Waals surface area contributed by atoms with Crippen LogP contribution in [0.5, 0.6) is 5.75 Å². The van der Waals surface area contributed by atoms with E-state index in [2.05, 4.69) is 14.7 Å². The van der Waals surface area contributed by atoms with Crippen molar-refractivity contribution in [3.63, 3.8) is 0 Å². The first kappa shape index (κ1) is 25.3. The van der Waals surface area contributed by atoms with Crippen molar-refractivity contribution in [3.8, 4) is 5.75 Å². The average Bonchev–Trinajstić information content (AvgIpc) is 3.49. The van der Waals surface area contributed by atoms with Crippen LogP contribution in [0.4, 0.5) is 5.69 Å². The van der Waals surface area contributed by atoms with Crippen LogP contribution < -0.4 is 10.1 Å². The Labute approximate surface area is 238 Å². The molecule has 1 unspecified atom stereocenters. The van der Waals surface area contributed by atoms with Crippen LogP contribution in [0.1, 0.15) is 43.7 Å². The fourth-order valence-electron chi connectivity index (χ4n) is 4.82. The molecule has 6 rings (SSSR count). The fraction of sp³-hybridized carbons (Fsp3) is 0.103. The van der Waals surface area contributed by atoms with Crippen molar-refractivity contribution in [2.45, 2.75) is 12.6 Å². The molecule has 2 amide bonds. The van der Waals surface area contributed by atoms with Gasteiger partial charge < -0.3 is 15.0 Å². The summed E-state index contributed by atoms with van der Waals surface area (Å²) in [6, 6.07) is 23.3. The Bertz CT molecular complexity index is 1740. The molecule has 0 saturated carbocycles. The molecule has 3 heterocycles. The second-order valence-electron chi connectivity index (χ2n) is 8.94. The predicted molar refractivity (Wildman–Crippen MR) is 153 cm³/mol. The van der Waals surface area contributed by atoms with E-state index in [9.17, 15) is 9.59 Å². The average molecular weight is 575 g/mol. The van der Waals surface area contributed by atoms with Crippen LogP contribution in [-0.4, -0.2) is 33.2 Å². The number of carbonyl (C=O) groups excluding carboxylic acids is 2. The van der Waals surface area contributed by atoms with Gasteiger partial charge >= 0.3 is 0 Å². The number of halogens is 2. The van der Waals surface area contributed by atoms with Crippen LogP contribution in [0, 0.1) is 0 Å². The van der Waals surface area contributed by atoms with Gasteiger partial charge in [-0.05, 0) is 53.0 Å². The molecule has 1 aliphatic heterocycles. The van der Waals surface area contributed by atoms with Crippen LogP contribution in [-0.2, 0) is 6.54 Å². The molecule has 1 aliphatic rings. The van der Waals surface area contributed by atoms with E-state index < -0.39 is 11.9 Å². The molecule has 0 bridgehead atoms. The summed E-state index contributed by atoms with van der Waals surface area (Å²) in [5.41, 5.74) is 2.96. The number of methoxy groups -OCH3 is 1. The smallest absolute Gasteiger partial charge is 0.276 e. The number of carbonyl (C=O) groups is 2. The molecule has 3 aromatic carbocycles. The lowest BCUT2D eigenvalue weighted by Gasteiger charge is -2.27. The SMILES string of the molecule is COc1ccc(CN2C(=O)c3nc(Cl)cc(NC(=O)c4nsc5ccccc45)c3C2c2ccccc2Cl)cc1. The van der Waals surface area contributed by atoms with E-state index in [4.69, 9.17) is 27.9 Å². The molecule has 39 heavy (non-hydrogen) atoms. The monoisotopic (exact) mass is 574 g/mol. The van der Waals surface area contributed by atoms with Crippen molar-refractivity contribution in [2.75, 3.05) is 12.4 Å². The zero-order valence-corrected chi connectivity index (χ0v) is 22.8. The second kappa shape index (κ2) is 10.3. The van der Waals surface area contributed by atoms with Crippen molar-refractivity contribution in [2.24, 2.45) is 0 Å². The van der Waals surface area contributed by atoms with E-state index in [0.717, 1.165) is 15.6 Å². The van der Waals surface area contributed by atoms with Gasteiger partial charge in [-0.2, -0.15) is 4.37 Å². The fourth-order valence-corrected chi connectivity index (χ4v) is 6.02. The molecule has 2 aromatic heterocycles. The number of anilines is 1. The molecule has 1 N–H and O–H groups in total. The van der Waals surface area contributed by atoms with E-state index in [1.165, 1.54) is 11.5 Å². The van der Waals surface area contributed by atoms with Gasteiger partial charge in [-0.3, -0.25) is 9.59 Å². The number of aromatic nitrogens is 2. The van der Waals surface area contributed by atoms with Crippen LogP contribution in [0.3, 0.4) is 0 Å². The summed E-state index contributed by atoms with van der Waals surface area (Å²) in [6.07, 6.45) is 0. The number of nitrogens with zero attached hydrogens (tertiary/aromatic N) is 3. The molecule has 194 valence electrons. The Kier molecular flexibility index (Phi) is 6.68. The highest BCUT2D eigenvalue weighted by molar-refractivity contribution is 7.13. The number of benzene rings is 3. The number of hydrogen-bond acceptors (Lipinski definition) is 6. The molecule has 0 spiro atoms. The molecular formula is C29H20Cl2N4O3S. The molecule has 7 nitrogen and oxygen atoms in total. The second-order valence-corrected chi connectivity index (χ2v) is 10.5. The van der Waals surface area contributed by atoms with Crippen LogP contribution in [0.25, 0.3) is 10.1 Å². The van der Waals surface area contributed by atoms with Crippen molar-refractivity contribution < 1.29 is 14.3 Å². The largest absolute Gasteiger partial charge is 0.497 e. The summed E-state index contributed by atoms with van der Waals surface area (Å²) in [5.74, 6) is -0.0100. The topological polar surface area (TPSA) is 84.4 Å². The first-order chi connectivity index (χ1) is 18.9. The van der Waals surface area contributed by atoms with Crippen LogP contribution in [0.2, 0.25) is 10.2 Å². The lowest BCUT2D eigenvalue weighted by Crippen LogP contribution is -2.28. The quantitative estimate of drug-likeness (QED) is 0.220. The molecule has 0 aliphatic carbocycles. The minimum atomic E-state index is -0.615. The number of pyridine rings is 1. The third kappa shape index (κ3) is 4.61. The highest BCUT2D eigenvalue weighted by atomic mass is 35.5. The Morgan fingerprint density at radius 2 is 1.79 bits per heavy atom. The molecule has 5 aromatic rings. The maximum absolute atomic E-state index is 13.8. The summed E-state index contributed by atoms with van der Waals surface area (Å²) in [6.45, 7) is 0.275. The van der Waals surface area contributed by atoms with E-state index in [-0.39, 0.29) is 23.3 Å². The van der Waals surface area contributed by atoms with E-state index in [1.807, 2.05) is 66.7 Å². The molecule has 0 fully saturated rings. The lowest BCUT2D eigenvalue weighted by atomic mass is 9.97. The van der Waals surface area contributed by atoms with E-state index in [1.54, 1.807) is 24.1 Å².